The van der Waals surface area contributed by atoms with Gasteiger partial charge in [0, 0.05) is 17.0 Å². The molecule has 0 saturated heterocycles. The van der Waals surface area contributed by atoms with E-state index < -0.39 is 6.10 Å². The Labute approximate surface area is 130 Å². The summed E-state index contributed by atoms with van der Waals surface area (Å²) in [6, 6.07) is 13.0. The summed E-state index contributed by atoms with van der Waals surface area (Å²) in [5.41, 5.74) is 0.851. The maximum Gasteiger partial charge on any atom is 0.263 e. The molecule has 0 aliphatic heterocycles. The molecule has 0 spiro atoms. The van der Waals surface area contributed by atoms with Crippen LogP contribution in [0, 0.1) is 0 Å². The summed E-state index contributed by atoms with van der Waals surface area (Å²) in [6.07, 6.45) is -0.666. The number of aliphatic hydroxyl groups is 1. The van der Waals surface area contributed by atoms with Crippen molar-refractivity contribution in [3.8, 4) is 11.5 Å². The number of anilines is 1. The third-order valence-electron chi connectivity index (χ3n) is 2.82. The van der Waals surface area contributed by atoms with Crippen molar-refractivity contribution in [3.05, 3.63) is 51.7 Å². The van der Waals surface area contributed by atoms with Crippen LogP contribution in [0.25, 0.3) is 11.5 Å². The van der Waals surface area contributed by atoms with Gasteiger partial charge in [0.2, 0.25) is 0 Å². The van der Waals surface area contributed by atoms with E-state index in [2.05, 4.69) is 15.5 Å². The number of nitrogens with zero attached hydrogens (tertiary/aromatic N) is 2. The van der Waals surface area contributed by atoms with E-state index in [1.54, 1.807) is 12.1 Å². The van der Waals surface area contributed by atoms with E-state index in [1.165, 1.54) is 11.3 Å². The number of thiophene rings is 1. The normalized spacial score (nSPS) is 12.3. The molecule has 2 aromatic heterocycles. The van der Waals surface area contributed by atoms with Gasteiger partial charge in [-0.1, -0.05) is 29.8 Å². The van der Waals surface area contributed by atoms with Gasteiger partial charge in [0.25, 0.3) is 11.8 Å². The minimum Gasteiger partial charge on any atom is -0.386 e. The minimum absolute atomic E-state index is 0.282. The molecule has 0 fully saturated rings. The van der Waals surface area contributed by atoms with Gasteiger partial charge in [-0.3, -0.25) is 0 Å². The van der Waals surface area contributed by atoms with E-state index in [1.807, 2.05) is 30.3 Å². The molecule has 0 radical (unpaired) electrons. The second-order valence-electron chi connectivity index (χ2n) is 4.33. The number of rotatable bonds is 5. The highest BCUT2D eigenvalue weighted by Gasteiger charge is 2.13. The van der Waals surface area contributed by atoms with Gasteiger partial charge in [0.15, 0.2) is 0 Å². The molecule has 2 heterocycles. The molecule has 108 valence electrons. The number of hydrogen-bond donors (Lipinski definition) is 2. The van der Waals surface area contributed by atoms with E-state index in [0.29, 0.717) is 16.2 Å². The fourth-order valence-electron chi connectivity index (χ4n) is 1.79. The molecule has 0 amide bonds. The van der Waals surface area contributed by atoms with Crippen LogP contribution in [0.2, 0.25) is 4.34 Å². The summed E-state index contributed by atoms with van der Waals surface area (Å²) in [4.78, 5) is 5.02. The largest absolute Gasteiger partial charge is 0.386 e. The number of halogens is 1. The van der Waals surface area contributed by atoms with E-state index in [4.69, 9.17) is 16.1 Å². The maximum absolute atomic E-state index is 10.0. The zero-order valence-electron chi connectivity index (χ0n) is 10.9. The molecule has 1 unspecified atom stereocenters. The highest BCUT2D eigenvalue weighted by Crippen LogP contribution is 2.27. The molecule has 5 nitrogen and oxygen atoms in total. The Morgan fingerprint density at radius 3 is 2.76 bits per heavy atom. The lowest BCUT2D eigenvalue weighted by Crippen LogP contribution is -2.11. The van der Waals surface area contributed by atoms with E-state index >= 15 is 0 Å². The predicted molar refractivity (Wildman–Crippen MR) is 82.5 cm³/mol. The molecule has 3 aromatic rings. The molecular formula is C14H12ClN3O2S. The summed E-state index contributed by atoms with van der Waals surface area (Å²) >= 11 is 7.18. The van der Waals surface area contributed by atoms with Crippen LogP contribution in [0.3, 0.4) is 0 Å². The fourth-order valence-corrected chi connectivity index (χ4v) is 2.84. The van der Waals surface area contributed by atoms with Crippen molar-refractivity contribution in [1.82, 2.24) is 10.1 Å². The van der Waals surface area contributed by atoms with Gasteiger partial charge in [-0.05, 0) is 29.4 Å². The van der Waals surface area contributed by atoms with Crippen molar-refractivity contribution in [2.75, 3.05) is 11.9 Å². The molecule has 7 heteroatoms. The first-order valence-corrected chi connectivity index (χ1v) is 7.48. The number of benzene rings is 1. The molecule has 0 saturated carbocycles. The summed E-state index contributed by atoms with van der Waals surface area (Å²) in [5.74, 6) is 0.780. The highest BCUT2D eigenvalue weighted by atomic mass is 35.5. The Balaban J connectivity index is 1.63. The van der Waals surface area contributed by atoms with Gasteiger partial charge in [-0.25, -0.2) is 0 Å². The second kappa shape index (κ2) is 6.26. The van der Waals surface area contributed by atoms with Gasteiger partial charge in [-0.2, -0.15) is 4.98 Å². The number of aliphatic hydroxyl groups excluding tert-OH is 1. The monoisotopic (exact) mass is 321 g/mol. The van der Waals surface area contributed by atoms with Gasteiger partial charge in [-0.15, -0.1) is 11.3 Å². The van der Waals surface area contributed by atoms with Crippen molar-refractivity contribution in [3.63, 3.8) is 0 Å². The van der Waals surface area contributed by atoms with Gasteiger partial charge < -0.3 is 14.9 Å². The van der Waals surface area contributed by atoms with Crippen LogP contribution in [0.5, 0.6) is 0 Å². The van der Waals surface area contributed by atoms with Crippen LogP contribution in [0.15, 0.2) is 47.0 Å². The third kappa shape index (κ3) is 3.41. The quantitative estimate of drug-likeness (QED) is 0.751. The Morgan fingerprint density at radius 2 is 2.05 bits per heavy atom. The lowest BCUT2D eigenvalue weighted by atomic mass is 10.2. The minimum atomic E-state index is -0.666. The highest BCUT2D eigenvalue weighted by molar-refractivity contribution is 7.16. The molecule has 21 heavy (non-hydrogen) atoms. The predicted octanol–water partition coefficient (Wildman–Crippen LogP) is 3.60. The van der Waals surface area contributed by atoms with E-state index in [9.17, 15) is 5.11 Å². The first kappa shape index (κ1) is 14.1. The fraction of sp³-hybridized carbons (Fsp3) is 0.143. The lowest BCUT2D eigenvalue weighted by molar-refractivity contribution is 0.195. The average Bonchev–Trinajstić information content (AvgIpc) is 3.15. The zero-order valence-corrected chi connectivity index (χ0v) is 12.4. The Bertz CT molecular complexity index is 714. The van der Waals surface area contributed by atoms with Gasteiger partial charge in [0.1, 0.15) is 6.10 Å². The maximum atomic E-state index is 10.0. The number of aromatic nitrogens is 2. The van der Waals surface area contributed by atoms with Crippen LogP contribution in [-0.2, 0) is 0 Å². The Hall–Kier alpha value is -1.89. The molecular weight excluding hydrogens is 310 g/mol. The molecule has 0 aliphatic rings. The van der Waals surface area contributed by atoms with Crippen molar-refractivity contribution in [1.29, 1.82) is 0 Å². The first-order chi connectivity index (χ1) is 10.2. The van der Waals surface area contributed by atoms with Crippen LogP contribution < -0.4 is 5.32 Å². The standard InChI is InChI=1S/C14H12ClN3O2S/c15-12-7-6-11(21-12)10(19)8-16-14-17-13(20-18-14)9-4-2-1-3-5-9/h1-7,10,19H,8H2,(H,16,18). The van der Waals surface area contributed by atoms with Crippen LogP contribution >= 0.6 is 22.9 Å². The summed E-state index contributed by atoms with van der Waals surface area (Å²) in [6.45, 7) is 0.282. The molecule has 1 atom stereocenters. The smallest absolute Gasteiger partial charge is 0.263 e. The Kier molecular flexibility index (Phi) is 4.19. The van der Waals surface area contributed by atoms with Crippen LogP contribution in [0.4, 0.5) is 5.95 Å². The van der Waals surface area contributed by atoms with Crippen LogP contribution in [-0.4, -0.2) is 21.8 Å². The molecule has 1 aromatic carbocycles. The molecule has 0 bridgehead atoms. The van der Waals surface area contributed by atoms with Crippen molar-refractivity contribution in [2.24, 2.45) is 0 Å². The summed E-state index contributed by atoms with van der Waals surface area (Å²) < 4.78 is 5.82. The second-order valence-corrected chi connectivity index (χ2v) is 6.07. The SMILES string of the molecule is OC(CNc1noc(-c2ccccc2)n1)c1ccc(Cl)s1. The molecule has 3 rings (SSSR count). The summed E-state index contributed by atoms with van der Waals surface area (Å²) in [5, 5.41) is 16.8. The number of nitrogens with one attached hydrogen (secondary N) is 1. The average molecular weight is 322 g/mol. The lowest BCUT2D eigenvalue weighted by Gasteiger charge is -2.07. The van der Waals surface area contributed by atoms with E-state index in [0.717, 1.165) is 10.4 Å². The first-order valence-electron chi connectivity index (χ1n) is 6.28. The van der Waals surface area contributed by atoms with Crippen molar-refractivity contribution >= 4 is 28.9 Å². The van der Waals surface area contributed by atoms with Crippen molar-refractivity contribution in [2.45, 2.75) is 6.10 Å². The topological polar surface area (TPSA) is 71.2 Å². The van der Waals surface area contributed by atoms with Crippen molar-refractivity contribution < 1.29 is 9.63 Å². The Morgan fingerprint density at radius 1 is 1.24 bits per heavy atom. The zero-order chi connectivity index (χ0) is 14.7. The molecule has 0 aliphatic carbocycles. The van der Waals surface area contributed by atoms with Crippen LogP contribution in [0.1, 0.15) is 11.0 Å². The van der Waals surface area contributed by atoms with E-state index in [-0.39, 0.29) is 6.54 Å². The van der Waals surface area contributed by atoms with Gasteiger partial charge >= 0.3 is 0 Å². The summed E-state index contributed by atoms with van der Waals surface area (Å²) in [7, 11) is 0. The molecule has 2 N–H and O–H groups in total. The third-order valence-corrected chi connectivity index (χ3v) is 4.16. The number of hydrogen-bond acceptors (Lipinski definition) is 6. The van der Waals surface area contributed by atoms with Gasteiger partial charge in [0.05, 0.1) is 4.34 Å².